The molecule has 0 N–H and O–H groups in total. The van der Waals surface area contributed by atoms with Gasteiger partial charge < -0.3 is 18.9 Å². The Morgan fingerprint density at radius 2 is 1.11 bits per heavy atom. The molecule has 6 nitrogen and oxygen atoms in total. The van der Waals surface area contributed by atoms with Crippen LogP contribution in [0.5, 0.6) is 11.5 Å². The van der Waals surface area contributed by atoms with E-state index in [1.807, 2.05) is 0 Å². The van der Waals surface area contributed by atoms with Crippen molar-refractivity contribution < 1.29 is 28.5 Å². The van der Waals surface area contributed by atoms with Crippen molar-refractivity contribution in [1.82, 2.24) is 0 Å². The molecule has 0 aliphatic heterocycles. The van der Waals surface area contributed by atoms with E-state index in [1.165, 1.54) is 0 Å². The first-order chi connectivity index (χ1) is 8.86. The molecule has 0 spiro atoms. The molecule has 1 aromatic carbocycles. The maximum atomic E-state index is 9.88. The number of benzene rings is 1. The molecule has 0 aliphatic rings. The minimum atomic E-state index is 0.213. The number of carbonyl (C=O) groups excluding carboxylic acids is 2. The van der Waals surface area contributed by atoms with Gasteiger partial charge in [-0.3, -0.25) is 9.59 Å². The van der Waals surface area contributed by atoms with E-state index < -0.39 is 0 Å². The van der Waals surface area contributed by atoms with Gasteiger partial charge >= 0.3 is 0 Å². The van der Waals surface area contributed by atoms with Gasteiger partial charge in [0.1, 0.15) is 37.9 Å². The molecule has 0 saturated heterocycles. The van der Waals surface area contributed by atoms with Gasteiger partial charge in [-0.2, -0.15) is 0 Å². The van der Waals surface area contributed by atoms with E-state index in [0.717, 1.165) is 0 Å². The molecule has 0 aliphatic carbocycles. The molecule has 0 radical (unpaired) electrons. The first-order valence-corrected chi connectivity index (χ1v) is 5.33. The molecule has 0 aromatic heterocycles. The van der Waals surface area contributed by atoms with Crippen molar-refractivity contribution in [2.24, 2.45) is 0 Å². The smallest absolute Gasteiger partial charge is 0.293 e. The van der Waals surface area contributed by atoms with E-state index in [9.17, 15) is 9.59 Å². The highest BCUT2D eigenvalue weighted by Crippen LogP contribution is 2.17. The van der Waals surface area contributed by atoms with Gasteiger partial charge in [-0.1, -0.05) is 0 Å². The van der Waals surface area contributed by atoms with Crippen molar-refractivity contribution in [2.45, 2.75) is 0 Å². The van der Waals surface area contributed by atoms with Crippen molar-refractivity contribution >= 4 is 12.9 Å². The predicted molar refractivity (Wildman–Crippen MR) is 61.5 cm³/mol. The lowest BCUT2D eigenvalue weighted by atomic mass is 10.3. The number of hydrogen-bond donors (Lipinski definition) is 0. The fraction of sp³-hybridized carbons (Fsp3) is 0.333. The molecule has 1 aromatic rings. The summed E-state index contributed by atoms with van der Waals surface area (Å²) in [7, 11) is 0. The van der Waals surface area contributed by atoms with Crippen LogP contribution >= 0.6 is 0 Å². The van der Waals surface area contributed by atoms with Crippen LogP contribution in [0.15, 0.2) is 24.3 Å². The fourth-order valence-electron chi connectivity index (χ4n) is 1.14. The minimum absolute atomic E-state index is 0.213. The summed E-state index contributed by atoms with van der Waals surface area (Å²) in [6, 6.07) is 6.93. The Morgan fingerprint density at radius 3 is 1.44 bits per heavy atom. The monoisotopic (exact) mass is 254 g/mol. The van der Waals surface area contributed by atoms with E-state index in [1.54, 1.807) is 24.3 Å². The minimum Gasteiger partial charge on any atom is -0.490 e. The summed E-state index contributed by atoms with van der Waals surface area (Å²) < 4.78 is 19.6. The number of rotatable bonds is 10. The molecule has 0 unspecified atom stereocenters. The highest BCUT2D eigenvalue weighted by Gasteiger charge is 1.97. The van der Waals surface area contributed by atoms with Crippen LogP contribution < -0.4 is 9.47 Å². The summed E-state index contributed by atoms with van der Waals surface area (Å²) in [4.78, 5) is 19.8. The molecule has 6 heteroatoms. The number of ether oxygens (including phenoxy) is 4. The maximum absolute atomic E-state index is 9.88. The van der Waals surface area contributed by atoms with Gasteiger partial charge in [0.05, 0.1) is 0 Å². The quantitative estimate of drug-likeness (QED) is 0.454. The zero-order valence-electron chi connectivity index (χ0n) is 9.74. The molecular formula is C12H14O6. The van der Waals surface area contributed by atoms with Crippen LogP contribution in [0, 0.1) is 0 Å². The zero-order valence-corrected chi connectivity index (χ0v) is 9.74. The average molecular weight is 254 g/mol. The normalized spacial score (nSPS) is 9.33. The predicted octanol–water partition coefficient (Wildman–Crippen LogP) is 0.790. The molecule has 1 rings (SSSR count). The third-order valence-electron chi connectivity index (χ3n) is 1.90. The molecule has 0 saturated carbocycles. The molecule has 0 heterocycles. The second-order valence-corrected chi connectivity index (χ2v) is 3.10. The summed E-state index contributed by atoms with van der Waals surface area (Å²) in [6.45, 7) is 1.78. The standard InChI is InChI=1S/C12H14O6/c13-9-15-5-7-17-11-1-2-12(4-3-11)18-8-6-16-10-14/h1-4,9-10H,5-8H2. The first kappa shape index (κ1) is 13.8. The van der Waals surface area contributed by atoms with Crippen molar-refractivity contribution in [1.29, 1.82) is 0 Å². The van der Waals surface area contributed by atoms with Crippen LogP contribution in [0.1, 0.15) is 0 Å². The lowest BCUT2D eigenvalue weighted by Gasteiger charge is -2.07. The lowest BCUT2D eigenvalue weighted by Crippen LogP contribution is -2.06. The lowest BCUT2D eigenvalue weighted by molar-refractivity contribution is -0.130. The summed E-state index contributed by atoms with van der Waals surface area (Å²) >= 11 is 0. The van der Waals surface area contributed by atoms with E-state index in [-0.39, 0.29) is 13.2 Å². The van der Waals surface area contributed by atoms with E-state index in [2.05, 4.69) is 9.47 Å². The Bertz CT molecular complexity index is 313. The largest absolute Gasteiger partial charge is 0.490 e. The molecular weight excluding hydrogens is 240 g/mol. The fourth-order valence-corrected chi connectivity index (χ4v) is 1.14. The summed E-state index contributed by atoms with van der Waals surface area (Å²) in [5.41, 5.74) is 0. The highest BCUT2D eigenvalue weighted by atomic mass is 16.6. The van der Waals surface area contributed by atoms with Crippen molar-refractivity contribution in [3.05, 3.63) is 24.3 Å². The first-order valence-electron chi connectivity index (χ1n) is 5.33. The Morgan fingerprint density at radius 1 is 0.722 bits per heavy atom. The summed E-state index contributed by atoms with van der Waals surface area (Å²) in [5, 5.41) is 0. The van der Waals surface area contributed by atoms with Gasteiger partial charge in [0.15, 0.2) is 0 Å². The molecule has 0 fully saturated rings. The Hall–Kier alpha value is -2.24. The summed E-state index contributed by atoms with van der Waals surface area (Å²) in [6.07, 6.45) is 0. The topological polar surface area (TPSA) is 71.1 Å². The Labute approximate surface area is 104 Å². The second kappa shape index (κ2) is 8.86. The number of hydrogen-bond acceptors (Lipinski definition) is 6. The summed E-state index contributed by atoms with van der Waals surface area (Å²) in [5.74, 6) is 1.31. The van der Waals surface area contributed by atoms with Crippen LogP contribution in [0.4, 0.5) is 0 Å². The maximum Gasteiger partial charge on any atom is 0.293 e. The van der Waals surface area contributed by atoms with Gasteiger partial charge in [-0.25, -0.2) is 0 Å². The van der Waals surface area contributed by atoms with Crippen LogP contribution in [0.3, 0.4) is 0 Å². The molecule has 0 atom stereocenters. The van der Waals surface area contributed by atoms with Crippen LogP contribution in [-0.2, 0) is 19.1 Å². The molecule has 0 bridgehead atoms. The average Bonchev–Trinajstić information content (AvgIpc) is 2.41. The SMILES string of the molecule is O=COCCOc1ccc(OCCOC=O)cc1. The van der Waals surface area contributed by atoms with Gasteiger partial charge in [-0.05, 0) is 24.3 Å². The van der Waals surface area contributed by atoms with Crippen LogP contribution in [0.25, 0.3) is 0 Å². The Kier molecular flexibility index (Phi) is 6.80. The van der Waals surface area contributed by atoms with E-state index in [0.29, 0.717) is 37.7 Å². The molecule has 18 heavy (non-hydrogen) atoms. The van der Waals surface area contributed by atoms with E-state index in [4.69, 9.17) is 9.47 Å². The van der Waals surface area contributed by atoms with Crippen molar-refractivity contribution in [2.75, 3.05) is 26.4 Å². The Balaban J connectivity index is 2.24. The van der Waals surface area contributed by atoms with Crippen LogP contribution in [0.2, 0.25) is 0 Å². The molecule has 0 amide bonds. The highest BCUT2D eigenvalue weighted by molar-refractivity contribution is 5.37. The van der Waals surface area contributed by atoms with Crippen molar-refractivity contribution in [3.8, 4) is 11.5 Å². The van der Waals surface area contributed by atoms with Gasteiger partial charge in [0.25, 0.3) is 12.9 Å². The van der Waals surface area contributed by atoms with E-state index >= 15 is 0 Å². The van der Waals surface area contributed by atoms with Gasteiger partial charge in [0, 0.05) is 0 Å². The zero-order chi connectivity index (χ0) is 13.1. The number of carbonyl (C=O) groups is 2. The third-order valence-corrected chi connectivity index (χ3v) is 1.90. The van der Waals surface area contributed by atoms with Crippen LogP contribution in [-0.4, -0.2) is 39.4 Å². The molecule has 98 valence electrons. The van der Waals surface area contributed by atoms with Gasteiger partial charge in [-0.15, -0.1) is 0 Å². The van der Waals surface area contributed by atoms with Crippen molar-refractivity contribution in [3.63, 3.8) is 0 Å². The second-order valence-electron chi connectivity index (χ2n) is 3.10. The van der Waals surface area contributed by atoms with Gasteiger partial charge in [0.2, 0.25) is 0 Å². The third kappa shape index (κ3) is 5.74.